The van der Waals surface area contributed by atoms with Crippen molar-refractivity contribution >= 4 is 17.1 Å². The van der Waals surface area contributed by atoms with Crippen molar-refractivity contribution in [3.63, 3.8) is 0 Å². The van der Waals surface area contributed by atoms with E-state index in [-0.39, 0.29) is 11.3 Å². The van der Waals surface area contributed by atoms with Gasteiger partial charge < -0.3 is 11.1 Å². The predicted octanol–water partition coefficient (Wildman–Crippen LogP) is 3.16. The minimum Gasteiger partial charge on any atom is -0.399 e. The Morgan fingerprint density at radius 3 is 2.33 bits per heavy atom. The molecule has 0 heterocycles. The summed E-state index contributed by atoms with van der Waals surface area (Å²) in [5.41, 5.74) is 6.14. The van der Waals surface area contributed by atoms with Crippen molar-refractivity contribution in [1.82, 2.24) is 0 Å². The second-order valence-electron chi connectivity index (χ2n) is 3.68. The van der Waals surface area contributed by atoms with Crippen LogP contribution in [0, 0.1) is 23.0 Å². The van der Waals surface area contributed by atoms with Gasteiger partial charge in [0, 0.05) is 11.4 Å². The van der Waals surface area contributed by atoms with E-state index in [0.29, 0.717) is 11.4 Å². The van der Waals surface area contributed by atoms with Crippen LogP contribution in [0.1, 0.15) is 5.56 Å². The highest BCUT2D eigenvalue weighted by atomic mass is 19.1. The molecule has 0 saturated carbocycles. The van der Waals surface area contributed by atoms with Gasteiger partial charge in [-0.3, -0.25) is 0 Å². The number of benzene rings is 2. The topological polar surface area (TPSA) is 61.8 Å². The molecule has 2 aromatic rings. The largest absolute Gasteiger partial charge is 0.399 e. The first-order chi connectivity index (χ1) is 8.60. The Kier molecular flexibility index (Phi) is 3.11. The number of halogens is 2. The van der Waals surface area contributed by atoms with E-state index in [1.165, 1.54) is 0 Å². The number of nitrogens with two attached hydrogens (primary N) is 1. The smallest absolute Gasteiger partial charge is 0.150 e. The van der Waals surface area contributed by atoms with Gasteiger partial charge in [0.1, 0.15) is 5.69 Å². The number of hydrogen-bond donors (Lipinski definition) is 2. The summed E-state index contributed by atoms with van der Waals surface area (Å²) in [6.07, 6.45) is 0. The molecule has 0 bridgehead atoms. The van der Waals surface area contributed by atoms with Gasteiger partial charge in [-0.25, -0.2) is 8.78 Å². The molecule has 0 amide bonds. The quantitative estimate of drug-likeness (QED) is 0.799. The monoisotopic (exact) mass is 245 g/mol. The van der Waals surface area contributed by atoms with Crippen LogP contribution in [0.3, 0.4) is 0 Å². The molecule has 0 saturated heterocycles. The molecule has 0 aliphatic carbocycles. The van der Waals surface area contributed by atoms with Crippen molar-refractivity contribution in [2.75, 3.05) is 11.1 Å². The lowest BCUT2D eigenvalue weighted by atomic mass is 10.2. The Morgan fingerprint density at radius 1 is 1.11 bits per heavy atom. The van der Waals surface area contributed by atoms with Crippen LogP contribution in [0.4, 0.5) is 25.8 Å². The predicted molar refractivity (Wildman–Crippen MR) is 65.2 cm³/mol. The molecule has 0 aromatic heterocycles. The zero-order chi connectivity index (χ0) is 13.1. The summed E-state index contributed by atoms with van der Waals surface area (Å²) in [4.78, 5) is 0. The summed E-state index contributed by atoms with van der Waals surface area (Å²) in [6, 6.07) is 10.1. The number of anilines is 3. The van der Waals surface area contributed by atoms with Gasteiger partial charge in [0.05, 0.1) is 11.6 Å². The van der Waals surface area contributed by atoms with E-state index in [1.807, 2.05) is 0 Å². The number of nitriles is 1. The van der Waals surface area contributed by atoms with E-state index < -0.39 is 11.6 Å². The lowest BCUT2D eigenvalue weighted by Crippen LogP contribution is -1.99. The number of nitrogens with zero attached hydrogens (tertiary/aromatic N) is 1. The molecule has 3 N–H and O–H groups in total. The van der Waals surface area contributed by atoms with Gasteiger partial charge in [0.25, 0.3) is 0 Å². The average molecular weight is 245 g/mol. The van der Waals surface area contributed by atoms with Gasteiger partial charge in [0.2, 0.25) is 0 Å². The first-order valence-corrected chi connectivity index (χ1v) is 5.12. The molecule has 0 unspecified atom stereocenters. The van der Waals surface area contributed by atoms with Crippen molar-refractivity contribution in [3.05, 3.63) is 53.6 Å². The number of nitrogens with one attached hydrogen (secondary N) is 1. The summed E-state index contributed by atoms with van der Waals surface area (Å²) in [5, 5.41) is 11.2. The van der Waals surface area contributed by atoms with Crippen LogP contribution in [-0.2, 0) is 0 Å². The summed E-state index contributed by atoms with van der Waals surface area (Å²) in [5.74, 6) is -1.65. The van der Waals surface area contributed by atoms with Gasteiger partial charge >= 0.3 is 0 Å². The zero-order valence-electron chi connectivity index (χ0n) is 9.24. The fourth-order valence-electron chi connectivity index (χ4n) is 1.52. The maximum Gasteiger partial charge on any atom is 0.150 e. The summed E-state index contributed by atoms with van der Waals surface area (Å²) < 4.78 is 27.2. The maximum atomic E-state index is 13.6. The Balaban J connectivity index is 2.38. The van der Waals surface area contributed by atoms with Crippen molar-refractivity contribution in [2.45, 2.75) is 0 Å². The van der Waals surface area contributed by atoms with Crippen LogP contribution < -0.4 is 11.1 Å². The maximum absolute atomic E-state index is 13.6. The van der Waals surface area contributed by atoms with Crippen LogP contribution >= 0.6 is 0 Å². The van der Waals surface area contributed by atoms with E-state index in [9.17, 15) is 8.78 Å². The molecule has 2 aromatic carbocycles. The normalized spacial score (nSPS) is 9.83. The molecular weight excluding hydrogens is 236 g/mol. The lowest BCUT2D eigenvalue weighted by Gasteiger charge is -2.09. The molecule has 0 radical (unpaired) electrons. The van der Waals surface area contributed by atoms with Crippen molar-refractivity contribution < 1.29 is 8.78 Å². The molecule has 2 rings (SSSR count). The Morgan fingerprint density at radius 2 is 1.78 bits per heavy atom. The summed E-state index contributed by atoms with van der Waals surface area (Å²) in [7, 11) is 0. The molecule has 0 aliphatic rings. The van der Waals surface area contributed by atoms with Crippen LogP contribution in [0.5, 0.6) is 0 Å². The van der Waals surface area contributed by atoms with Crippen LogP contribution in [0.15, 0.2) is 36.4 Å². The van der Waals surface area contributed by atoms with E-state index in [4.69, 9.17) is 11.0 Å². The highest BCUT2D eigenvalue weighted by Crippen LogP contribution is 2.25. The molecule has 0 fully saturated rings. The molecular formula is C13H9F2N3. The third-order valence-electron chi connectivity index (χ3n) is 2.33. The molecule has 0 aliphatic heterocycles. The Bertz CT molecular complexity index is 609. The van der Waals surface area contributed by atoms with E-state index in [1.54, 1.807) is 30.3 Å². The summed E-state index contributed by atoms with van der Waals surface area (Å²) in [6.45, 7) is 0. The molecule has 90 valence electrons. The third kappa shape index (κ3) is 2.38. The lowest BCUT2D eigenvalue weighted by molar-refractivity contribution is 0.590. The molecule has 3 nitrogen and oxygen atoms in total. The second-order valence-corrected chi connectivity index (χ2v) is 3.68. The van der Waals surface area contributed by atoms with Crippen molar-refractivity contribution in [1.29, 1.82) is 5.26 Å². The van der Waals surface area contributed by atoms with E-state index in [2.05, 4.69) is 5.32 Å². The van der Waals surface area contributed by atoms with E-state index in [0.717, 1.165) is 12.1 Å². The summed E-state index contributed by atoms with van der Waals surface area (Å²) >= 11 is 0. The standard InChI is InChI=1S/C13H9F2N3/c14-11-4-8(7-16)5-12(15)13(11)18-10-3-1-2-9(17)6-10/h1-6,18H,17H2. The van der Waals surface area contributed by atoms with E-state index >= 15 is 0 Å². The molecule has 0 spiro atoms. The fraction of sp³-hybridized carbons (Fsp3) is 0. The minimum absolute atomic E-state index is 0.0666. The van der Waals surface area contributed by atoms with Crippen LogP contribution in [-0.4, -0.2) is 0 Å². The van der Waals surface area contributed by atoms with Crippen LogP contribution in [0.25, 0.3) is 0 Å². The van der Waals surface area contributed by atoms with Gasteiger partial charge in [-0.05, 0) is 30.3 Å². The van der Waals surface area contributed by atoms with Crippen LogP contribution in [0.2, 0.25) is 0 Å². The van der Waals surface area contributed by atoms with Gasteiger partial charge in [0.15, 0.2) is 11.6 Å². The highest BCUT2D eigenvalue weighted by molar-refractivity contribution is 5.65. The third-order valence-corrected chi connectivity index (χ3v) is 2.33. The van der Waals surface area contributed by atoms with Gasteiger partial charge in [-0.2, -0.15) is 5.26 Å². The molecule has 5 heteroatoms. The number of hydrogen-bond acceptors (Lipinski definition) is 3. The Hall–Kier alpha value is -2.61. The first kappa shape index (κ1) is 11.9. The second kappa shape index (κ2) is 4.72. The average Bonchev–Trinajstić information content (AvgIpc) is 2.33. The number of nitrogen functional groups attached to an aromatic ring is 1. The number of rotatable bonds is 2. The van der Waals surface area contributed by atoms with Gasteiger partial charge in [-0.1, -0.05) is 6.07 Å². The highest BCUT2D eigenvalue weighted by Gasteiger charge is 2.11. The first-order valence-electron chi connectivity index (χ1n) is 5.12. The zero-order valence-corrected chi connectivity index (χ0v) is 9.24. The van der Waals surface area contributed by atoms with Crippen molar-refractivity contribution in [3.8, 4) is 6.07 Å². The molecule has 18 heavy (non-hydrogen) atoms. The molecule has 0 atom stereocenters. The fourth-order valence-corrected chi connectivity index (χ4v) is 1.52. The van der Waals surface area contributed by atoms with Gasteiger partial charge in [-0.15, -0.1) is 0 Å². The van der Waals surface area contributed by atoms with Crippen molar-refractivity contribution in [2.24, 2.45) is 0 Å². The SMILES string of the molecule is N#Cc1cc(F)c(Nc2cccc(N)c2)c(F)c1. The minimum atomic E-state index is -0.825. The Labute approximate surface area is 102 Å².